The van der Waals surface area contributed by atoms with Crippen LogP contribution >= 0.6 is 24.3 Å². The van der Waals surface area contributed by atoms with E-state index in [0.717, 1.165) is 0 Å². The minimum absolute atomic E-state index is 0. The molecule has 1 nitrogen and oxygen atoms in total. The summed E-state index contributed by atoms with van der Waals surface area (Å²) >= 11 is 3.64. The average molecular weight is 157 g/mol. The summed E-state index contributed by atoms with van der Waals surface area (Å²) in [6.07, 6.45) is 0. The molecule has 0 bridgehead atoms. The number of halogens is 2. The molecule has 0 spiro atoms. The summed E-state index contributed by atoms with van der Waals surface area (Å²) in [4.78, 5) is 0. The van der Waals surface area contributed by atoms with Crippen LogP contribution in [0.15, 0.2) is 0 Å². The Labute approximate surface area is 88.2 Å². The minimum atomic E-state index is 0. The first kappa shape index (κ1) is 25.7. The largest absolute Gasteiger partial charge is 0.316 e. The number of rotatable bonds is 0. The van der Waals surface area contributed by atoms with E-state index in [9.17, 15) is 0 Å². The van der Waals surface area contributed by atoms with Gasteiger partial charge in [-0.05, 0) is 0 Å². The first-order chi connectivity index (χ1) is 1.00. The molecule has 0 amide bonds. The molecule has 0 aliphatic rings. The van der Waals surface area contributed by atoms with E-state index in [1.165, 1.54) is 0 Å². The van der Waals surface area contributed by atoms with Crippen LogP contribution in [0, 0.1) is 0 Å². The number of hydrogen-bond acceptors (Lipinski definition) is 1. The summed E-state index contributed by atoms with van der Waals surface area (Å²) in [6.45, 7) is 0. The van der Waals surface area contributed by atoms with Gasteiger partial charge in [0.1, 0.15) is 0 Å². The van der Waals surface area contributed by atoms with Crippen molar-refractivity contribution in [2.75, 3.05) is 0 Å². The molecule has 0 saturated carbocycles. The van der Waals surface area contributed by atoms with Gasteiger partial charge in [-0.1, -0.05) is 0 Å². The maximum absolute atomic E-state index is 6.47. The fraction of sp³-hybridized carbons (Fsp3) is 0. The first-order valence-corrected chi connectivity index (χ1v) is 0.507. The molecule has 30 valence electrons. The van der Waals surface area contributed by atoms with Gasteiger partial charge in [-0.25, -0.2) is 0 Å². The van der Waals surface area contributed by atoms with E-state index in [1.54, 1.807) is 0 Å². The van der Waals surface area contributed by atoms with Crippen molar-refractivity contribution in [2.24, 2.45) is 0 Å². The summed E-state index contributed by atoms with van der Waals surface area (Å²) < 4.78 is 6.47. The molecule has 0 unspecified atom stereocenters. The van der Waals surface area contributed by atoms with Crippen molar-refractivity contribution in [3.63, 3.8) is 0 Å². The van der Waals surface area contributed by atoms with Crippen molar-refractivity contribution in [1.29, 1.82) is 0 Å². The Morgan fingerprint density at radius 1 is 1.20 bits per heavy atom. The number of hydrogen-bond donors (Lipinski definition) is 1. The zero-order valence-electron chi connectivity index (χ0n) is 1.23. The predicted octanol–water partition coefficient (Wildman–Crippen LogP) is -1.28. The van der Waals surface area contributed by atoms with Crippen molar-refractivity contribution < 1.29 is 4.66 Å². The molecule has 0 aromatic carbocycles. The van der Waals surface area contributed by atoms with Crippen molar-refractivity contribution in [1.82, 2.24) is 0 Å². The van der Waals surface area contributed by atoms with Gasteiger partial charge in [0.15, 0.2) is 0 Å². The van der Waals surface area contributed by atoms with Crippen LogP contribution in [-0.2, 0) is 0 Å². The third kappa shape index (κ3) is 20.8. The van der Waals surface area contributed by atoms with Crippen molar-refractivity contribution >= 4 is 85.1 Å². The van der Waals surface area contributed by atoms with Gasteiger partial charge in [0.2, 0.25) is 0 Å². The molecular weight excluding hydrogens is 151 g/mol. The molecular formula is H6CaCl2MgO. The predicted molar refractivity (Wildman–Crippen MR) is 32.4 cm³/mol. The van der Waals surface area contributed by atoms with Crippen LogP contribution in [-0.4, -0.2) is 65.5 Å². The molecule has 0 aromatic rings. The van der Waals surface area contributed by atoms with Gasteiger partial charge in [-0.3, -0.25) is 4.66 Å². The van der Waals surface area contributed by atoms with Gasteiger partial charge in [0, 0.05) is 0 Å². The van der Waals surface area contributed by atoms with Gasteiger partial charge >= 0.3 is 60.8 Å². The first-order valence-electron chi connectivity index (χ1n) is 0.169. The summed E-state index contributed by atoms with van der Waals surface area (Å²) in [5, 5.41) is 0. The molecule has 0 aliphatic carbocycles. The zero-order valence-corrected chi connectivity index (χ0v) is 2.81. The fourth-order valence-electron chi connectivity index (χ4n) is 0. The van der Waals surface area contributed by atoms with Crippen LogP contribution in [0.4, 0.5) is 0 Å². The Morgan fingerprint density at radius 3 is 1.20 bits per heavy atom. The molecule has 5 heavy (non-hydrogen) atoms. The third-order valence-corrected chi connectivity index (χ3v) is 0. The van der Waals surface area contributed by atoms with E-state index in [1.807, 2.05) is 0 Å². The van der Waals surface area contributed by atoms with E-state index in [0.29, 0.717) is 0 Å². The van der Waals surface area contributed by atoms with Gasteiger partial charge in [-0.2, -0.15) is 0 Å². The van der Waals surface area contributed by atoms with E-state index in [4.69, 9.17) is 4.66 Å². The second-order valence-corrected chi connectivity index (χ2v) is 0. The Kier molecular flexibility index (Phi) is 158. The summed E-state index contributed by atoms with van der Waals surface area (Å²) in [6, 6.07) is 0. The van der Waals surface area contributed by atoms with Crippen molar-refractivity contribution in [2.45, 2.75) is 0 Å². The second kappa shape index (κ2) is 30.9. The van der Waals surface area contributed by atoms with E-state index in [-0.39, 0.29) is 73.2 Å². The summed E-state index contributed by atoms with van der Waals surface area (Å²) in [7, 11) is 0. The smallest absolute Gasteiger partial charge is 0.316 e. The van der Waals surface area contributed by atoms with Crippen LogP contribution in [0.5, 0.6) is 0 Å². The molecule has 0 atom stereocenters. The maximum Gasteiger partial charge on any atom is 0.316 e. The Bertz CT molecular complexity index is 9.61. The molecule has 0 saturated heterocycles. The standard InChI is InChI=1S/Ca.ClHO.ClH.Mg.4H/c;1-2;;;;;;/h;2H;1H;;;;;. The van der Waals surface area contributed by atoms with Crippen LogP contribution in [0.2, 0.25) is 0 Å². The Balaban J connectivity index is -0.00000000167. The quantitative estimate of drug-likeness (QED) is 0.434. The van der Waals surface area contributed by atoms with Gasteiger partial charge in [0.05, 0.1) is 11.9 Å². The average Bonchev–Trinajstić information content (AvgIpc) is 1.00. The van der Waals surface area contributed by atoms with Gasteiger partial charge < -0.3 is 0 Å². The molecule has 0 rings (SSSR count). The monoisotopic (exact) mass is 156 g/mol. The van der Waals surface area contributed by atoms with Crippen LogP contribution in [0.3, 0.4) is 0 Å². The third-order valence-electron chi connectivity index (χ3n) is 0. The molecule has 0 aromatic heterocycles. The SMILES string of the molecule is Cl.OCl.[CaH2].[MgH2]. The molecule has 0 radical (unpaired) electrons. The van der Waals surface area contributed by atoms with Crippen LogP contribution in [0.1, 0.15) is 0 Å². The summed E-state index contributed by atoms with van der Waals surface area (Å²) in [5.41, 5.74) is 0. The minimum Gasteiger partial charge on any atom is 0.316 e. The molecule has 0 fully saturated rings. The van der Waals surface area contributed by atoms with Crippen molar-refractivity contribution in [3.05, 3.63) is 0 Å². The molecule has 1 N–H and O–H groups in total. The van der Waals surface area contributed by atoms with E-state index < -0.39 is 0 Å². The summed E-state index contributed by atoms with van der Waals surface area (Å²) in [5.74, 6) is 0. The van der Waals surface area contributed by atoms with Crippen LogP contribution < -0.4 is 0 Å². The second-order valence-electron chi connectivity index (χ2n) is 0. The Morgan fingerprint density at radius 2 is 1.20 bits per heavy atom. The van der Waals surface area contributed by atoms with E-state index >= 15 is 0 Å². The Hall–Kier alpha value is 2.57. The zero-order chi connectivity index (χ0) is 2.00. The fourth-order valence-corrected chi connectivity index (χ4v) is 0. The molecule has 0 aliphatic heterocycles. The van der Waals surface area contributed by atoms with Gasteiger partial charge in [-0.15, -0.1) is 12.4 Å². The molecule has 5 heteroatoms. The maximum atomic E-state index is 6.47. The molecule has 0 heterocycles. The van der Waals surface area contributed by atoms with E-state index in [2.05, 4.69) is 11.9 Å². The van der Waals surface area contributed by atoms with Crippen molar-refractivity contribution in [3.8, 4) is 0 Å². The topological polar surface area (TPSA) is 20.2 Å². The normalized spacial score (nSPS) is 1.20. The van der Waals surface area contributed by atoms with Gasteiger partial charge in [0.25, 0.3) is 0 Å². The van der Waals surface area contributed by atoms with Crippen LogP contribution in [0.25, 0.3) is 0 Å².